The highest BCUT2D eigenvalue weighted by atomic mass is 32.1. The molecule has 0 aliphatic carbocycles. The largest absolute Gasteiger partial charge is 0.312 e. The van der Waals surface area contributed by atoms with Gasteiger partial charge in [0.15, 0.2) is 0 Å². The molecular weight excluding hydrogens is 336 g/mol. The summed E-state index contributed by atoms with van der Waals surface area (Å²) < 4.78 is 0. The molecular formula is C18H22N4O2S. The number of rotatable bonds is 5. The first-order chi connectivity index (χ1) is 11.9. The number of benzene rings is 1. The van der Waals surface area contributed by atoms with Gasteiger partial charge in [-0.2, -0.15) is 0 Å². The number of aryl methyl sites for hydroxylation is 1. The lowest BCUT2D eigenvalue weighted by atomic mass is 10.1. The molecule has 0 bridgehead atoms. The Morgan fingerprint density at radius 1 is 1.32 bits per heavy atom. The van der Waals surface area contributed by atoms with E-state index in [1.807, 2.05) is 31.2 Å². The molecule has 25 heavy (non-hydrogen) atoms. The maximum Gasteiger partial charge on any atom is 0.231 e. The highest BCUT2D eigenvalue weighted by molar-refractivity contribution is 7.15. The Morgan fingerprint density at radius 2 is 2.04 bits per heavy atom. The van der Waals surface area contributed by atoms with Crippen molar-refractivity contribution >= 4 is 34.0 Å². The molecule has 2 heterocycles. The predicted molar refractivity (Wildman–Crippen MR) is 98.7 cm³/mol. The van der Waals surface area contributed by atoms with E-state index in [9.17, 15) is 9.59 Å². The predicted octanol–water partition coefficient (Wildman–Crippen LogP) is 3.04. The van der Waals surface area contributed by atoms with Crippen LogP contribution in [0.3, 0.4) is 0 Å². The summed E-state index contributed by atoms with van der Waals surface area (Å²) >= 11 is 1.40. The lowest BCUT2D eigenvalue weighted by Gasteiger charge is -2.16. The van der Waals surface area contributed by atoms with Gasteiger partial charge in [-0.3, -0.25) is 9.59 Å². The molecule has 0 spiro atoms. The Labute approximate surface area is 151 Å². The van der Waals surface area contributed by atoms with Crippen LogP contribution >= 0.6 is 11.3 Å². The molecule has 7 heteroatoms. The smallest absolute Gasteiger partial charge is 0.231 e. The number of hydrogen-bond donors (Lipinski definition) is 1. The van der Waals surface area contributed by atoms with Crippen molar-refractivity contribution in [2.45, 2.75) is 33.6 Å². The van der Waals surface area contributed by atoms with E-state index in [1.54, 1.807) is 4.90 Å². The minimum absolute atomic E-state index is 0.0261. The van der Waals surface area contributed by atoms with E-state index in [4.69, 9.17) is 0 Å². The van der Waals surface area contributed by atoms with Gasteiger partial charge in [0.2, 0.25) is 16.9 Å². The number of hydrogen-bond acceptors (Lipinski definition) is 5. The second-order valence-electron chi connectivity index (χ2n) is 6.83. The second kappa shape index (κ2) is 7.31. The van der Waals surface area contributed by atoms with Crippen LogP contribution in [-0.2, 0) is 16.0 Å². The van der Waals surface area contributed by atoms with E-state index in [0.29, 0.717) is 17.6 Å². The minimum Gasteiger partial charge on any atom is -0.312 e. The fourth-order valence-electron chi connectivity index (χ4n) is 2.80. The summed E-state index contributed by atoms with van der Waals surface area (Å²) in [5.41, 5.74) is 1.97. The van der Waals surface area contributed by atoms with Crippen molar-refractivity contribution in [2.24, 2.45) is 11.8 Å². The van der Waals surface area contributed by atoms with Crippen molar-refractivity contribution in [1.82, 2.24) is 10.2 Å². The average molecular weight is 358 g/mol. The molecule has 132 valence electrons. The summed E-state index contributed by atoms with van der Waals surface area (Å²) in [6, 6.07) is 7.76. The van der Waals surface area contributed by atoms with E-state index < -0.39 is 0 Å². The van der Waals surface area contributed by atoms with Gasteiger partial charge in [-0.15, -0.1) is 10.2 Å². The zero-order chi connectivity index (χ0) is 18.0. The van der Waals surface area contributed by atoms with Crippen LogP contribution in [0.5, 0.6) is 0 Å². The van der Waals surface area contributed by atoms with Crippen LogP contribution in [0, 0.1) is 18.8 Å². The highest BCUT2D eigenvalue weighted by Gasteiger charge is 2.35. The molecule has 1 atom stereocenters. The quantitative estimate of drug-likeness (QED) is 0.891. The molecule has 6 nitrogen and oxygen atoms in total. The molecule has 1 saturated heterocycles. The zero-order valence-electron chi connectivity index (χ0n) is 14.7. The monoisotopic (exact) mass is 358 g/mol. The molecule has 1 aliphatic heterocycles. The molecule has 2 aromatic rings. The molecule has 0 unspecified atom stereocenters. The number of carbonyl (C=O) groups excluding carboxylic acids is 2. The van der Waals surface area contributed by atoms with Crippen molar-refractivity contribution in [3.63, 3.8) is 0 Å². The van der Waals surface area contributed by atoms with Gasteiger partial charge in [0.05, 0.1) is 5.92 Å². The van der Waals surface area contributed by atoms with Gasteiger partial charge in [0, 0.05) is 25.1 Å². The summed E-state index contributed by atoms with van der Waals surface area (Å²) in [5, 5.41) is 12.3. The van der Waals surface area contributed by atoms with Gasteiger partial charge >= 0.3 is 0 Å². The van der Waals surface area contributed by atoms with Crippen LogP contribution in [0.1, 0.15) is 30.8 Å². The summed E-state index contributed by atoms with van der Waals surface area (Å²) in [6.45, 7) is 6.62. The summed E-state index contributed by atoms with van der Waals surface area (Å²) in [5.74, 6) is -0.0738. The maximum absolute atomic E-state index is 12.5. The zero-order valence-corrected chi connectivity index (χ0v) is 15.5. The number of nitrogens with one attached hydrogen (secondary N) is 1. The Morgan fingerprint density at radius 3 is 2.72 bits per heavy atom. The SMILES string of the molecule is Cc1ccc(N2C[C@H](C(=O)Nc3nnc(CC(C)C)s3)CC2=O)cc1. The fraction of sp³-hybridized carbons (Fsp3) is 0.444. The number of nitrogens with zero attached hydrogens (tertiary/aromatic N) is 3. The summed E-state index contributed by atoms with van der Waals surface area (Å²) in [7, 11) is 0. The van der Waals surface area contributed by atoms with Crippen LogP contribution in [0.2, 0.25) is 0 Å². The van der Waals surface area contributed by atoms with Gasteiger partial charge in [-0.05, 0) is 25.0 Å². The van der Waals surface area contributed by atoms with E-state index in [-0.39, 0.29) is 24.2 Å². The van der Waals surface area contributed by atoms with Crippen LogP contribution < -0.4 is 10.2 Å². The highest BCUT2D eigenvalue weighted by Crippen LogP contribution is 2.27. The van der Waals surface area contributed by atoms with Gasteiger partial charge < -0.3 is 10.2 Å². The standard InChI is InChI=1S/C18H22N4O2S/c1-11(2)8-15-20-21-18(25-15)19-17(24)13-9-16(23)22(10-13)14-6-4-12(3)5-7-14/h4-7,11,13H,8-10H2,1-3H3,(H,19,21,24)/t13-/m1/s1. The number of amides is 2. The first-order valence-corrected chi connectivity index (χ1v) is 9.24. The molecule has 0 saturated carbocycles. The first-order valence-electron chi connectivity index (χ1n) is 8.42. The van der Waals surface area contributed by atoms with Crippen LogP contribution in [-0.4, -0.2) is 28.6 Å². The minimum atomic E-state index is -0.369. The van der Waals surface area contributed by atoms with Gasteiger partial charge in [0.25, 0.3) is 0 Å². The third kappa shape index (κ3) is 4.22. The van der Waals surface area contributed by atoms with E-state index >= 15 is 0 Å². The molecule has 0 radical (unpaired) electrons. The summed E-state index contributed by atoms with van der Waals surface area (Å²) in [4.78, 5) is 26.4. The van der Waals surface area contributed by atoms with Crippen molar-refractivity contribution in [3.05, 3.63) is 34.8 Å². The van der Waals surface area contributed by atoms with E-state index in [2.05, 4.69) is 29.4 Å². The van der Waals surface area contributed by atoms with E-state index in [0.717, 1.165) is 22.7 Å². The normalized spacial score (nSPS) is 17.4. The third-order valence-corrected chi connectivity index (χ3v) is 4.98. The van der Waals surface area contributed by atoms with E-state index in [1.165, 1.54) is 11.3 Å². The number of aromatic nitrogens is 2. The fourth-order valence-corrected chi connectivity index (χ4v) is 3.76. The molecule has 1 aliphatic rings. The van der Waals surface area contributed by atoms with Gasteiger partial charge in [0.1, 0.15) is 5.01 Å². The van der Waals surface area contributed by atoms with Crippen molar-refractivity contribution in [3.8, 4) is 0 Å². The van der Waals surface area contributed by atoms with Crippen LogP contribution in [0.4, 0.5) is 10.8 Å². The topological polar surface area (TPSA) is 75.2 Å². The van der Waals surface area contributed by atoms with Gasteiger partial charge in [-0.1, -0.05) is 42.9 Å². The molecule has 3 rings (SSSR count). The molecule has 1 fully saturated rings. The lowest BCUT2D eigenvalue weighted by molar-refractivity contribution is -0.122. The maximum atomic E-state index is 12.5. The Hall–Kier alpha value is -2.28. The Kier molecular flexibility index (Phi) is 5.13. The van der Waals surface area contributed by atoms with Crippen LogP contribution in [0.15, 0.2) is 24.3 Å². The van der Waals surface area contributed by atoms with Crippen molar-refractivity contribution in [1.29, 1.82) is 0 Å². The Balaban J connectivity index is 1.62. The van der Waals surface area contributed by atoms with Crippen molar-refractivity contribution in [2.75, 3.05) is 16.8 Å². The Bertz CT molecular complexity index is 770. The molecule has 1 N–H and O–H groups in total. The third-order valence-electron chi connectivity index (χ3n) is 4.12. The number of carbonyl (C=O) groups is 2. The lowest BCUT2D eigenvalue weighted by Crippen LogP contribution is -2.28. The van der Waals surface area contributed by atoms with Gasteiger partial charge in [-0.25, -0.2) is 0 Å². The molecule has 2 amide bonds. The number of anilines is 2. The molecule has 1 aromatic carbocycles. The van der Waals surface area contributed by atoms with Crippen molar-refractivity contribution < 1.29 is 9.59 Å². The first kappa shape index (κ1) is 17.5. The average Bonchev–Trinajstić information content (AvgIpc) is 3.14. The second-order valence-corrected chi connectivity index (χ2v) is 7.89. The molecule has 1 aromatic heterocycles. The van der Waals surface area contributed by atoms with Crippen LogP contribution in [0.25, 0.3) is 0 Å². The summed E-state index contributed by atoms with van der Waals surface area (Å²) in [6.07, 6.45) is 1.06.